The maximum Gasteiger partial charge on any atom is 0.257 e. The standard InChI is InChI=1S/C23H26BrN3O4S/c1-2-10-31-20-9-8-16(13-19(20)24)22(29)27-23(32)26-17-6-3-5-15(12-17)21(28)25-14-18-7-4-11-30-18/h3,5-6,8-9,12-13,18H,2,4,7,10-11,14H2,1H3,(H,25,28)(H2,26,27,29,32). The molecule has 1 fully saturated rings. The number of thiocarbonyl (C=S) groups is 1. The largest absolute Gasteiger partial charge is 0.492 e. The van der Waals surface area contributed by atoms with Gasteiger partial charge in [0.25, 0.3) is 11.8 Å². The van der Waals surface area contributed by atoms with E-state index in [-0.39, 0.29) is 23.0 Å². The van der Waals surface area contributed by atoms with Gasteiger partial charge in [0.15, 0.2) is 5.11 Å². The summed E-state index contributed by atoms with van der Waals surface area (Å²) < 4.78 is 11.8. The van der Waals surface area contributed by atoms with Gasteiger partial charge in [0.05, 0.1) is 17.2 Å². The molecule has 0 aliphatic carbocycles. The molecule has 170 valence electrons. The molecule has 3 rings (SSSR count). The van der Waals surface area contributed by atoms with E-state index in [4.69, 9.17) is 21.7 Å². The molecule has 7 nitrogen and oxygen atoms in total. The van der Waals surface area contributed by atoms with Crippen LogP contribution in [0.3, 0.4) is 0 Å². The minimum atomic E-state index is -0.351. The SMILES string of the molecule is CCCOc1ccc(C(=O)NC(=S)Nc2cccc(C(=O)NCC3CCCO3)c2)cc1Br. The first-order chi connectivity index (χ1) is 15.5. The second-order valence-corrected chi connectivity index (χ2v) is 8.59. The Labute approximate surface area is 201 Å². The quantitative estimate of drug-likeness (QED) is 0.451. The van der Waals surface area contributed by atoms with Crippen molar-refractivity contribution in [2.45, 2.75) is 32.3 Å². The molecule has 3 N–H and O–H groups in total. The Morgan fingerprint density at radius 3 is 2.72 bits per heavy atom. The zero-order chi connectivity index (χ0) is 22.9. The first-order valence-electron chi connectivity index (χ1n) is 10.5. The molecule has 1 unspecified atom stereocenters. The van der Waals surface area contributed by atoms with Crippen LogP contribution in [-0.4, -0.2) is 42.8 Å². The molecule has 1 aliphatic heterocycles. The first kappa shape index (κ1) is 24.2. The monoisotopic (exact) mass is 519 g/mol. The van der Waals surface area contributed by atoms with Crippen LogP contribution in [0.2, 0.25) is 0 Å². The number of rotatable bonds is 8. The fourth-order valence-electron chi connectivity index (χ4n) is 3.16. The predicted octanol–water partition coefficient (Wildman–Crippen LogP) is 4.27. The summed E-state index contributed by atoms with van der Waals surface area (Å²) in [6, 6.07) is 12.0. The summed E-state index contributed by atoms with van der Waals surface area (Å²) in [5.74, 6) is 0.142. The maximum absolute atomic E-state index is 12.5. The normalized spacial score (nSPS) is 15.1. The highest BCUT2D eigenvalue weighted by Crippen LogP contribution is 2.26. The average Bonchev–Trinajstić information content (AvgIpc) is 3.30. The molecule has 32 heavy (non-hydrogen) atoms. The highest BCUT2D eigenvalue weighted by atomic mass is 79.9. The second kappa shape index (κ2) is 11.9. The number of benzene rings is 2. The molecule has 0 aromatic heterocycles. The fourth-order valence-corrected chi connectivity index (χ4v) is 3.86. The summed E-state index contributed by atoms with van der Waals surface area (Å²) in [5, 5.41) is 8.62. The number of amides is 2. The van der Waals surface area contributed by atoms with Crippen LogP contribution < -0.4 is 20.7 Å². The van der Waals surface area contributed by atoms with Crippen molar-refractivity contribution >= 4 is 50.8 Å². The molecule has 2 amide bonds. The Balaban J connectivity index is 1.54. The van der Waals surface area contributed by atoms with Crippen molar-refractivity contribution in [1.29, 1.82) is 0 Å². The molecule has 0 saturated carbocycles. The van der Waals surface area contributed by atoms with E-state index in [2.05, 4.69) is 31.9 Å². The van der Waals surface area contributed by atoms with E-state index in [1.165, 1.54) is 0 Å². The lowest BCUT2D eigenvalue weighted by Crippen LogP contribution is -2.34. The fraction of sp³-hybridized carbons (Fsp3) is 0.348. The van der Waals surface area contributed by atoms with Crippen molar-refractivity contribution in [3.63, 3.8) is 0 Å². The molecule has 1 saturated heterocycles. The van der Waals surface area contributed by atoms with Crippen LogP contribution in [0.1, 0.15) is 46.9 Å². The maximum atomic E-state index is 12.5. The van der Waals surface area contributed by atoms with Gasteiger partial charge < -0.3 is 20.1 Å². The van der Waals surface area contributed by atoms with Crippen LogP contribution in [0.15, 0.2) is 46.9 Å². The third-order valence-electron chi connectivity index (χ3n) is 4.78. The van der Waals surface area contributed by atoms with Crippen LogP contribution in [0.4, 0.5) is 5.69 Å². The summed E-state index contributed by atoms with van der Waals surface area (Å²) in [7, 11) is 0. The molecule has 1 heterocycles. The smallest absolute Gasteiger partial charge is 0.257 e. The Morgan fingerprint density at radius 2 is 2.00 bits per heavy atom. The molecule has 9 heteroatoms. The van der Waals surface area contributed by atoms with Gasteiger partial charge in [0, 0.05) is 30.0 Å². The van der Waals surface area contributed by atoms with Crippen molar-refractivity contribution < 1.29 is 19.1 Å². The minimum absolute atomic E-state index is 0.0790. The molecule has 2 aromatic carbocycles. The number of carbonyl (C=O) groups excluding carboxylic acids is 2. The lowest BCUT2D eigenvalue weighted by molar-refractivity contribution is 0.0857. The third-order valence-corrected chi connectivity index (χ3v) is 5.60. The van der Waals surface area contributed by atoms with Crippen molar-refractivity contribution in [2.75, 3.05) is 25.1 Å². The van der Waals surface area contributed by atoms with Crippen LogP contribution in [0.25, 0.3) is 0 Å². The Bertz CT molecular complexity index is 979. The van der Waals surface area contributed by atoms with E-state index in [0.717, 1.165) is 25.9 Å². The van der Waals surface area contributed by atoms with Gasteiger partial charge in [-0.25, -0.2) is 0 Å². The third kappa shape index (κ3) is 7.01. The molecular formula is C23H26BrN3O4S. The van der Waals surface area contributed by atoms with Gasteiger partial charge in [0.2, 0.25) is 0 Å². The highest BCUT2D eigenvalue weighted by molar-refractivity contribution is 9.10. The van der Waals surface area contributed by atoms with Crippen LogP contribution in [0, 0.1) is 0 Å². The Hall–Kier alpha value is -2.49. The molecule has 0 radical (unpaired) electrons. The lowest BCUT2D eigenvalue weighted by atomic mass is 10.1. The van der Waals surface area contributed by atoms with Crippen LogP contribution >= 0.6 is 28.1 Å². The van der Waals surface area contributed by atoms with E-state index in [1.54, 1.807) is 42.5 Å². The zero-order valence-electron chi connectivity index (χ0n) is 17.8. The van der Waals surface area contributed by atoms with Gasteiger partial charge in [-0.2, -0.15) is 0 Å². The molecule has 0 bridgehead atoms. The molecule has 1 aliphatic rings. The number of halogens is 1. The van der Waals surface area contributed by atoms with E-state index < -0.39 is 0 Å². The molecule has 1 atom stereocenters. The van der Waals surface area contributed by atoms with E-state index >= 15 is 0 Å². The first-order valence-corrected chi connectivity index (χ1v) is 11.7. The lowest BCUT2D eigenvalue weighted by Gasteiger charge is -2.13. The van der Waals surface area contributed by atoms with Crippen LogP contribution in [0.5, 0.6) is 5.75 Å². The van der Waals surface area contributed by atoms with Crippen molar-refractivity contribution in [2.24, 2.45) is 0 Å². The summed E-state index contributed by atoms with van der Waals surface area (Å²) in [6.45, 7) is 3.86. The minimum Gasteiger partial charge on any atom is -0.492 e. The molecular weight excluding hydrogens is 494 g/mol. The predicted molar refractivity (Wildman–Crippen MR) is 131 cm³/mol. The van der Waals surface area contributed by atoms with E-state index in [9.17, 15) is 9.59 Å². The number of hydrogen-bond donors (Lipinski definition) is 3. The summed E-state index contributed by atoms with van der Waals surface area (Å²) in [6.07, 6.45) is 2.96. The van der Waals surface area contributed by atoms with Crippen LogP contribution in [-0.2, 0) is 4.74 Å². The Morgan fingerprint density at radius 1 is 1.19 bits per heavy atom. The molecule has 0 spiro atoms. The van der Waals surface area contributed by atoms with E-state index in [0.29, 0.717) is 40.2 Å². The molecule has 2 aromatic rings. The number of nitrogens with one attached hydrogen (secondary N) is 3. The van der Waals surface area contributed by atoms with Crippen molar-refractivity contribution in [1.82, 2.24) is 10.6 Å². The zero-order valence-corrected chi connectivity index (χ0v) is 20.2. The summed E-state index contributed by atoms with van der Waals surface area (Å²) in [5.41, 5.74) is 1.53. The second-order valence-electron chi connectivity index (χ2n) is 7.33. The van der Waals surface area contributed by atoms with Gasteiger partial charge in [-0.05, 0) is 83.8 Å². The van der Waals surface area contributed by atoms with E-state index in [1.807, 2.05) is 6.92 Å². The number of hydrogen-bond acceptors (Lipinski definition) is 5. The van der Waals surface area contributed by atoms with Gasteiger partial charge in [-0.15, -0.1) is 0 Å². The number of carbonyl (C=O) groups is 2. The summed E-state index contributed by atoms with van der Waals surface area (Å²) >= 11 is 8.69. The van der Waals surface area contributed by atoms with Gasteiger partial charge in [-0.1, -0.05) is 13.0 Å². The van der Waals surface area contributed by atoms with Gasteiger partial charge in [0.1, 0.15) is 5.75 Å². The topological polar surface area (TPSA) is 88.7 Å². The van der Waals surface area contributed by atoms with Crippen molar-refractivity contribution in [3.8, 4) is 5.75 Å². The average molecular weight is 520 g/mol. The number of anilines is 1. The van der Waals surface area contributed by atoms with Crippen molar-refractivity contribution in [3.05, 3.63) is 58.1 Å². The Kier molecular flexibility index (Phi) is 9.01. The highest BCUT2D eigenvalue weighted by Gasteiger charge is 2.17. The van der Waals surface area contributed by atoms with Gasteiger partial charge >= 0.3 is 0 Å². The summed E-state index contributed by atoms with van der Waals surface area (Å²) in [4.78, 5) is 24.9. The number of ether oxygens (including phenoxy) is 2. The van der Waals surface area contributed by atoms with Gasteiger partial charge in [-0.3, -0.25) is 14.9 Å².